The maximum absolute atomic E-state index is 12.0. The molecule has 0 saturated heterocycles. The summed E-state index contributed by atoms with van der Waals surface area (Å²) >= 11 is 1.51. The second-order valence-corrected chi connectivity index (χ2v) is 7.71. The number of nitrogens with zero attached hydrogens (tertiary/aromatic N) is 4. The third kappa shape index (κ3) is 6.19. The highest BCUT2D eigenvalue weighted by Gasteiger charge is 2.13. The summed E-state index contributed by atoms with van der Waals surface area (Å²) in [6.07, 6.45) is 1.17. The zero-order chi connectivity index (χ0) is 22.2. The first-order valence-electron chi connectivity index (χ1n) is 9.65. The number of carbonyl (C=O) groups excluding carboxylic acids is 2. The minimum atomic E-state index is -0.559. The summed E-state index contributed by atoms with van der Waals surface area (Å²) < 4.78 is 5.18. The molecule has 31 heavy (non-hydrogen) atoms. The van der Waals surface area contributed by atoms with Crippen LogP contribution in [-0.4, -0.2) is 45.9 Å². The molecular formula is C20H23N7O3S. The van der Waals surface area contributed by atoms with Crippen molar-refractivity contribution in [3.8, 4) is 11.5 Å². The van der Waals surface area contributed by atoms with Crippen LogP contribution in [0.15, 0.2) is 39.2 Å². The molecule has 0 spiro atoms. The second-order valence-electron chi connectivity index (χ2n) is 6.64. The summed E-state index contributed by atoms with van der Waals surface area (Å²) in [6.45, 7) is 2.75. The number of benzene rings is 1. The number of aryl methyl sites for hydroxylation is 2. The molecule has 3 aromatic rings. The van der Waals surface area contributed by atoms with E-state index >= 15 is 0 Å². The molecular weight excluding hydrogens is 418 g/mol. The molecule has 11 heteroatoms. The zero-order valence-corrected chi connectivity index (χ0v) is 17.8. The van der Waals surface area contributed by atoms with Crippen LogP contribution in [0.25, 0.3) is 11.5 Å². The Morgan fingerprint density at radius 2 is 1.97 bits per heavy atom. The van der Waals surface area contributed by atoms with E-state index in [-0.39, 0.29) is 18.2 Å². The van der Waals surface area contributed by atoms with Crippen molar-refractivity contribution in [3.05, 3.63) is 51.7 Å². The summed E-state index contributed by atoms with van der Waals surface area (Å²) in [4.78, 5) is 36.3. The van der Waals surface area contributed by atoms with E-state index in [2.05, 4.69) is 25.4 Å². The van der Waals surface area contributed by atoms with Crippen LogP contribution in [0.2, 0.25) is 0 Å². The molecule has 0 radical (unpaired) electrons. The third-order valence-corrected chi connectivity index (χ3v) is 5.06. The van der Waals surface area contributed by atoms with Gasteiger partial charge in [0.25, 0.3) is 0 Å². The van der Waals surface area contributed by atoms with Crippen LogP contribution in [0.1, 0.15) is 39.7 Å². The molecule has 0 fully saturated rings. The van der Waals surface area contributed by atoms with Crippen LogP contribution in [0.4, 0.5) is 0 Å². The van der Waals surface area contributed by atoms with Crippen molar-refractivity contribution in [2.45, 2.75) is 26.2 Å². The van der Waals surface area contributed by atoms with Gasteiger partial charge in [-0.05, 0) is 19.4 Å². The van der Waals surface area contributed by atoms with Crippen LogP contribution in [0, 0.1) is 6.92 Å². The summed E-state index contributed by atoms with van der Waals surface area (Å²) in [5.41, 5.74) is 12.8. The van der Waals surface area contributed by atoms with Crippen molar-refractivity contribution in [2.24, 2.45) is 16.5 Å². The normalized spacial score (nSPS) is 11.5. The van der Waals surface area contributed by atoms with Crippen LogP contribution < -0.4 is 16.8 Å². The maximum Gasteiger partial charge on any atom is 0.249 e. The number of aromatic nitrogens is 3. The van der Waals surface area contributed by atoms with Gasteiger partial charge >= 0.3 is 0 Å². The molecule has 0 unspecified atom stereocenters. The Balaban J connectivity index is 1.38. The molecule has 5 N–H and O–H groups in total. The Morgan fingerprint density at radius 1 is 1.19 bits per heavy atom. The van der Waals surface area contributed by atoms with E-state index in [0.717, 1.165) is 5.01 Å². The number of nitrogens with two attached hydrogens (primary N) is 2. The average Bonchev–Trinajstić information content (AvgIpc) is 3.40. The highest BCUT2D eigenvalue weighted by molar-refractivity contribution is 7.09. The minimum absolute atomic E-state index is 0.125. The minimum Gasteiger partial charge on any atom is -0.383 e. The molecule has 0 aliphatic heterocycles. The average molecular weight is 442 g/mol. The Kier molecular flexibility index (Phi) is 7.44. The lowest BCUT2D eigenvalue weighted by molar-refractivity contribution is -0.121. The van der Waals surface area contributed by atoms with Crippen molar-refractivity contribution in [1.82, 2.24) is 20.4 Å². The van der Waals surface area contributed by atoms with Crippen LogP contribution in [0.5, 0.6) is 0 Å². The Hall–Kier alpha value is -3.60. The number of amidine groups is 1. The molecule has 0 bridgehead atoms. The highest BCUT2D eigenvalue weighted by Crippen LogP contribution is 2.18. The van der Waals surface area contributed by atoms with Gasteiger partial charge in [-0.1, -0.05) is 23.4 Å². The van der Waals surface area contributed by atoms with E-state index in [1.54, 1.807) is 24.3 Å². The van der Waals surface area contributed by atoms with E-state index in [1.807, 2.05) is 12.3 Å². The van der Waals surface area contributed by atoms with E-state index < -0.39 is 5.91 Å². The van der Waals surface area contributed by atoms with Crippen LogP contribution >= 0.6 is 11.3 Å². The van der Waals surface area contributed by atoms with Gasteiger partial charge < -0.3 is 21.3 Å². The van der Waals surface area contributed by atoms with Crippen molar-refractivity contribution in [3.63, 3.8) is 0 Å². The van der Waals surface area contributed by atoms with E-state index in [4.69, 9.17) is 16.0 Å². The number of rotatable bonds is 10. The number of carbonyl (C=O) groups is 2. The number of primary amides is 1. The predicted octanol–water partition coefficient (Wildman–Crippen LogP) is 1.44. The molecule has 162 valence electrons. The molecule has 2 amide bonds. The number of nitrogens with one attached hydrogen (secondary N) is 1. The number of aliphatic imine (C=N–C) groups is 1. The second kappa shape index (κ2) is 10.4. The predicted molar refractivity (Wildman–Crippen MR) is 117 cm³/mol. The van der Waals surface area contributed by atoms with Gasteiger partial charge in [0.2, 0.25) is 23.5 Å². The fourth-order valence-corrected chi connectivity index (χ4v) is 3.34. The first-order valence-corrected chi connectivity index (χ1v) is 10.5. The molecule has 0 aliphatic rings. The van der Waals surface area contributed by atoms with Gasteiger partial charge in [-0.2, -0.15) is 4.98 Å². The number of hydrogen-bond acceptors (Lipinski definition) is 8. The number of hydrogen-bond donors (Lipinski definition) is 3. The van der Waals surface area contributed by atoms with Crippen molar-refractivity contribution >= 4 is 29.0 Å². The molecule has 0 saturated carbocycles. The fourth-order valence-electron chi connectivity index (χ4n) is 2.75. The van der Waals surface area contributed by atoms with Crippen LogP contribution in [-0.2, 0) is 11.2 Å². The molecule has 0 aliphatic carbocycles. The summed E-state index contributed by atoms with van der Waals surface area (Å²) in [7, 11) is 0. The van der Waals surface area contributed by atoms with E-state index in [9.17, 15) is 9.59 Å². The Bertz CT molecular complexity index is 1090. The SMILES string of the molecule is Cc1nc(-c2noc(CCC(=O)NCCCN=C(N)c3ccccc3C(N)=O)n2)cs1. The summed E-state index contributed by atoms with van der Waals surface area (Å²) in [6, 6.07) is 6.76. The van der Waals surface area contributed by atoms with Crippen molar-refractivity contribution in [2.75, 3.05) is 13.1 Å². The summed E-state index contributed by atoms with van der Waals surface area (Å²) in [5.74, 6) is 0.369. The third-order valence-electron chi connectivity index (χ3n) is 4.29. The van der Waals surface area contributed by atoms with Gasteiger partial charge in [0, 0.05) is 42.4 Å². The van der Waals surface area contributed by atoms with Crippen molar-refractivity contribution in [1.29, 1.82) is 0 Å². The monoisotopic (exact) mass is 441 g/mol. The maximum atomic E-state index is 12.0. The van der Waals surface area contributed by atoms with E-state index in [0.29, 0.717) is 54.5 Å². The standard InChI is InChI=1S/C20H23N7O3S/c1-12-25-15(11-31-12)20-26-17(30-27-20)8-7-16(28)23-9-4-10-24-18(21)13-5-2-3-6-14(13)19(22)29/h2-3,5-6,11H,4,7-10H2,1H3,(H2,21,24)(H2,22,29)(H,23,28). The fraction of sp³-hybridized carbons (Fsp3) is 0.300. The van der Waals surface area contributed by atoms with E-state index in [1.165, 1.54) is 11.3 Å². The largest absolute Gasteiger partial charge is 0.383 e. The first-order chi connectivity index (χ1) is 14.9. The lowest BCUT2D eigenvalue weighted by Crippen LogP contribution is -2.25. The zero-order valence-electron chi connectivity index (χ0n) is 17.0. The van der Waals surface area contributed by atoms with Crippen LogP contribution in [0.3, 0.4) is 0 Å². The Morgan fingerprint density at radius 3 is 2.68 bits per heavy atom. The lowest BCUT2D eigenvalue weighted by Gasteiger charge is -2.06. The topological polar surface area (TPSA) is 162 Å². The van der Waals surface area contributed by atoms with Gasteiger partial charge in [-0.25, -0.2) is 4.98 Å². The van der Waals surface area contributed by atoms with Gasteiger partial charge in [-0.15, -0.1) is 11.3 Å². The lowest BCUT2D eigenvalue weighted by atomic mass is 10.1. The van der Waals surface area contributed by atoms with Gasteiger partial charge in [-0.3, -0.25) is 14.6 Å². The van der Waals surface area contributed by atoms with Crippen molar-refractivity contribution < 1.29 is 14.1 Å². The molecule has 2 aromatic heterocycles. The molecule has 3 rings (SSSR count). The molecule has 0 atom stereocenters. The molecule has 1 aromatic carbocycles. The quantitative estimate of drug-likeness (QED) is 0.243. The first kappa shape index (κ1) is 22.1. The number of thiazole rings is 1. The number of amides is 2. The smallest absolute Gasteiger partial charge is 0.249 e. The molecule has 10 nitrogen and oxygen atoms in total. The molecule has 2 heterocycles. The summed E-state index contributed by atoms with van der Waals surface area (Å²) in [5, 5.41) is 9.49. The van der Waals surface area contributed by atoms with Gasteiger partial charge in [0.15, 0.2) is 0 Å². The Labute approximate surface area is 182 Å². The van der Waals surface area contributed by atoms with Gasteiger partial charge in [0.1, 0.15) is 11.5 Å². The highest BCUT2D eigenvalue weighted by atomic mass is 32.1. The van der Waals surface area contributed by atoms with Gasteiger partial charge in [0.05, 0.1) is 5.01 Å².